The fraction of sp³-hybridized carbons (Fsp3) is 0.647. The Labute approximate surface area is 138 Å². The molecule has 120 valence electrons. The van der Waals surface area contributed by atoms with E-state index in [1.54, 1.807) is 0 Å². The Morgan fingerprint density at radius 1 is 1.00 bits per heavy atom. The van der Waals surface area contributed by atoms with E-state index in [4.69, 9.17) is 0 Å². The van der Waals surface area contributed by atoms with E-state index in [1.165, 1.54) is 42.2 Å². The zero-order chi connectivity index (χ0) is 14.7. The van der Waals surface area contributed by atoms with E-state index in [-0.39, 0.29) is 42.6 Å². The lowest BCUT2D eigenvalue weighted by molar-refractivity contribution is -0.897. The maximum Gasteiger partial charge on any atom is 0.234 e. The lowest BCUT2D eigenvalue weighted by Crippen LogP contribution is -3.12. The van der Waals surface area contributed by atoms with Gasteiger partial charge in [-0.2, -0.15) is 0 Å². The van der Waals surface area contributed by atoms with Gasteiger partial charge in [0, 0.05) is 0 Å². The number of quaternary nitrogens is 1. The van der Waals surface area contributed by atoms with Crippen LogP contribution in [0.25, 0.3) is 0 Å². The molecule has 2 saturated heterocycles. The van der Waals surface area contributed by atoms with E-state index in [9.17, 15) is 9.59 Å². The highest BCUT2D eigenvalue weighted by molar-refractivity contribution is 6.05. The van der Waals surface area contributed by atoms with Crippen molar-refractivity contribution in [1.82, 2.24) is 4.90 Å². The minimum atomic E-state index is -0.128. The molecular weight excluding hydrogens is 300 g/mol. The number of nitrogens with zero attached hydrogens (tertiary/aromatic N) is 1. The quantitative estimate of drug-likeness (QED) is 0.335. The van der Waals surface area contributed by atoms with Crippen molar-refractivity contribution in [3.8, 4) is 11.8 Å². The molecule has 0 aromatic heterocycles. The lowest BCUT2D eigenvalue weighted by Gasteiger charge is -2.21. The second-order valence-electron chi connectivity index (χ2n) is 6.26. The van der Waals surface area contributed by atoms with Gasteiger partial charge in [-0.3, -0.25) is 14.5 Å². The number of hydrogen-bond acceptors (Lipinski definition) is 2. The molecule has 5 heteroatoms. The second-order valence-corrected chi connectivity index (χ2v) is 6.26. The van der Waals surface area contributed by atoms with Gasteiger partial charge in [0.15, 0.2) is 0 Å². The van der Waals surface area contributed by atoms with Gasteiger partial charge >= 0.3 is 0 Å². The van der Waals surface area contributed by atoms with Gasteiger partial charge in [0.2, 0.25) is 11.8 Å². The van der Waals surface area contributed by atoms with E-state index < -0.39 is 0 Å². The molecule has 0 aromatic rings. The van der Waals surface area contributed by atoms with Gasteiger partial charge in [0.05, 0.1) is 31.5 Å². The molecule has 22 heavy (non-hydrogen) atoms. The first-order valence-electron chi connectivity index (χ1n) is 8.07. The number of halogens is 1. The van der Waals surface area contributed by atoms with E-state index in [0.29, 0.717) is 12.8 Å². The van der Waals surface area contributed by atoms with Crippen molar-refractivity contribution in [3.63, 3.8) is 0 Å². The zero-order valence-corrected chi connectivity index (χ0v) is 13.6. The fourth-order valence-corrected chi connectivity index (χ4v) is 3.58. The van der Waals surface area contributed by atoms with Crippen LogP contribution in [-0.4, -0.2) is 42.9 Å². The number of carbonyl (C=O) groups excluding carboxylic acids is 2. The van der Waals surface area contributed by atoms with Crippen molar-refractivity contribution >= 4 is 11.8 Å². The van der Waals surface area contributed by atoms with Crippen molar-refractivity contribution in [1.29, 1.82) is 0 Å². The van der Waals surface area contributed by atoms with Crippen LogP contribution in [0.15, 0.2) is 12.2 Å². The number of amides is 2. The summed E-state index contributed by atoms with van der Waals surface area (Å²) in [5.41, 5.74) is 0. The third-order valence-electron chi connectivity index (χ3n) is 4.86. The van der Waals surface area contributed by atoms with Gasteiger partial charge in [-0.1, -0.05) is 18.1 Å². The number of hydrogen-bond donors (Lipinski definition) is 1. The first kappa shape index (κ1) is 17.1. The third-order valence-corrected chi connectivity index (χ3v) is 4.86. The minimum absolute atomic E-state index is 0. The molecule has 2 fully saturated rings. The van der Waals surface area contributed by atoms with E-state index in [0.717, 1.165) is 6.54 Å². The van der Waals surface area contributed by atoms with Gasteiger partial charge < -0.3 is 17.3 Å². The molecular formula is C17H23ClN2O2. The van der Waals surface area contributed by atoms with Crippen molar-refractivity contribution in [3.05, 3.63) is 12.2 Å². The van der Waals surface area contributed by atoms with Crippen LogP contribution in [0.1, 0.15) is 32.1 Å². The Morgan fingerprint density at radius 3 is 2.18 bits per heavy atom. The smallest absolute Gasteiger partial charge is 0.234 e. The normalized spacial score (nSPS) is 27.9. The van der Waals surface area contributed by atoms with Crippen molar-refractivity contribution < 1.29 is 26.9 Å². The molecule has 2 aliphatic heterocycles. The summed E-state index contributed by atoms with van der Waals surface area (Å²) < 4.78 is 0. The van der Waals surface area contributed by atoms with Crippen LogP contribution in [0.5, 0.6) is 0 Å². The van der Waals surface area contributed by atoms with Gasteiger partial charge in [0.25, 0.3) is 0 Å². The Bertz CT molecular complexity index is 488. The monoisotopic (exact) mass is 322 g/mol. The predicted molar refractivity (Wildman–Crippen MR) is 79.3 cm³/mol. The lowest BCUT2D eigenvalue weighted by atomic mass is 9.85. The molecule has 0 radical (unpaired) electrons. The highest BCUT2D eigenvalue weighted by Crippen LogP contribution is 2.34. The molecule has 2 unspecified atom stereocenters. The molecule has 2 heterocycles. The molecule has 0 spiro atoms. The summed E-state index contributed by atoms with van der Waals surface area (Å²) >= 11 is 0. The van der Waals surface area contributed by atoms with Crippen LogP contribution < -0.4 is 17.3 Å². The van der Waals surface area contributed by atoms with Crippen LogP contribution in [0.3, 0.4) is 0 Å². The van der Waals surface area contributed by atoms with Crippen LogP contribution in [0.4, 0.5) is 0 Å². The summed E-state index contributed by atoms with van der Waals surface area (Å²) in [4.78, 5) is 27.4. The van der Waals surface area contributed by atoms with Crippen molar-refractivity contribution in [2.24, 2.45) is 11.8 Å². The number of imide groups is 1. The fourth-order valence-electron chi connectivity index (χ4n) is 3.58. The average Bonchev–Trinajstić information content (AvgIpc) is 2.77. The summed E-state index contributed by atoms with van der Waals surface area (Å²) in [6.07, 6.45) is 9.36. The summed E-state index contributed by atoms with van der Waals surface area (Å²) in [7, 11) is 0. The largest absolute Gasteiger partial charge is 1.00 e. The van der Waals surface area contributed by atoms with Gasteiger partial charge in [0.1, 0.15) is 6.54 Å². The Hall–Kier alpha value is -1.31. The maximum absolute atomic E-state index is 12.2. The van der Waals surface area contributed by atoms with Crippen LogP contribution in [0, 0.1) is 23.7 Å². The van der Waals surface area contributed by atoms with Crippen LogP contribution in [-0.2, 0) is 9.59 Å². The molecule has 1 aliphatic carbocycles. The number of likely N-dealkylation sites (tertiary alicyclic amines) is 2. The number of rotatable bonds is 2. The molecule has 2 amide bonds. The van der Waals surface area contributed by atoms with Gasteiger partial charge in [-0.15, -0.1) is 0 Å². The number of nitrogens with one attached hydrogen (secondary N) is 1. The molecule has 0 aromatic carbocycles. The van der Waals surface area contributed by atoms with E-state index in [1.807, 2.05) is 12.2 Å². The van der Waals surface area contributed by atoms with Gasteiger partial charge in [-0.05, 0) is 38.0 Å². The van der Waals surface area contributed by atoms with Crippen molar-refractivity contribution in [2.75, 3.05) is 26.2 Å². The Morgan fingerprint density at radius 2 is 1.59 bits per heavy atom. The highest BCUT2D eigenvalue weighted by Gasteiger charge is 2.46. The maximum atomic E-state index is 12.2. The molecule has 2 atom stereocenters. The standard InChI is InChI=1S/C17H22N2O2.ClH/c20-16-14-8-2-3-9-15(14)17(21)19(16)13-7-6-12-18-10-4-1-5-11-18;/h2-3,14-15H,1,4-5,8-13H2;1H. The number of fused-ring (bicyclic) bond motifs is 1. The molecule has 1 N–H and O–H groups in total. The molecule has 3 aliphatic rings. The number of carbonyl (C=O) groups is 2. The Kier molecular flexibility index (Phi) is 6.05. The van der Waals surface area contributed by atoms with E-state index >= 15 is 0 Å². The average molecular weight is 323 g/mol. The van der Waals surface area contributed by atoms with Gasteiger partial charge in [-0.25, -0.2) is 0 Å². The van der Waals surface area contributed by atoms with E-state index in [2.05, 4.69) is 11.8 Å². The van der Waals surface area contributed by atoms with Crippen molar-refractivity contribution in [2.45, 2.75) is 32.1 Å². The number of allylic oxidation sites excluding steroid dienone is 2. The Balaban J connectivity index is 0.00000176. The SMILES string of the molecule is O=C1C2CC=CCC2C(=O)N1CC#CC[NH+]1CCCCC1.[Cl-]. The second kappa shape index (κ2) is 7.80. The van der Waals surface area contributed by atoms with Crippen LogP contribution >= 0.6 is 0 Å². The van der Waals surface area contributed by atoms with Crippen LogP contribution in [0.2, 0.25) is 0 Å². The predicted octanol–water partition coefficient (Wildman–Crippen LogP) is -2.99. The molecule has 4 nitrogen and oxygen atoms in total. The zero-order valence-electron chi connectivity index (χ0n) is 12.8. The number of piperidine rings is 1. The summed E-state index contributed by atoms with van der Waals surface area (Å²) in [5, 5.41) is 0. The molecule has 0 bridgehead atoms. The first-order valence-corrected chi connectivity index (χ1v) is 8.07. The summed E-state index contributed by atoms with van der Waals surface area (Å²) in [6.45, 7) is 3.51. The highest BCUT2D eigenvalue weighted by atomic mass is 35.5. The summed E-state index contributed by atoms with van der Waals surface area (Å²) in [6, 6.07) is 0. The summed E-state index contributed by atoms with van der Waals surface area (Å²) in [5.74, 6) is 5.90. The first-order chi connectivity index (χ1) is 10.3. The minimum Gasteiger partial charge on any atom is -1.00 e. The third kappa shape index (κ3) is 3.53. The topological polar surface area (TPSA) is 41.8 Å². The molecule has 3 rings (SSSR count). The molecule has 0 saturated carbocycles.